The molecule has 0 spiro atoms. The third-order valence-corrected chi connectivity index (χ3v) is 8.85. The minimum Gasteiger partial charge on any atom is -0.352 e. The first-order valence-electron chi connectivity index (χ1n) is 13.5. The van der Waals surface area contributed by atoms with Gasteiger partial charge in [0, 0.05) is 46.7 Å². The lowest BCUT2D eigenvalue weighted by atomic mass is 10.0. The molecule has 0 aromatic heterocycles. The zero-order chi connectivity index (χ0) is 31.9. The first kappa shape index (κ1) is 33.8. The summed E-state index contributed by atoms with van der Waals surface area (Å²) in [6.07, 6.45) is 1.67. The van der Waals surface area contributed by atoms with Crippen molar-refractivity contribution in [2.45, 2.75) is 52.2 Å². The summed E-state index contributed by atoms with van der Waals surface area (Å²) < 4.78 is 26.9. The standard InChI is InChI=1S/C30H34Cl2N4O6S/c1-5-21(3)33-30(38)28(16-22-10-7-6-8-11-22)34(18-24-25(31)12-9-13-26(24)32)29(37)19-35(43(4,41)42)27-17-23(36(39)40)15-14-20(27)2/h6-15,17,21,28H,5,16,18-19H2,1-4H3,(H,33,38). The van der Waals surface area contributed by atoms with Crippen LogP contribution in [0.3, 0.4) is 0 Å². The summed E-state index contributed by atoms with van der Waals surface area (Å²) in [7, 11) is -4.12. The molecule has 0 aliphatic carbocycles. The lowest BCUT2D eigenvalue weighted by molar-refractivity contribution is -0.384. The highest BCUT2D eigenvalue weighted by atomic mass is 35.5. The molecule has 2 atom stereocenters. The van der Waals surface area contributed by atoms with Crippen molar-refractivity contribution < 1.29 is 22.9 Å². The van der Waals surface area contributed by atoms with Gasteiger partial charge in [-0.2, -0.15) is 0 Å². The van der Waals surface area contributed by atoms with Gasteiger partial charge in [0.2, 0.25) is 21.8 Å². The number of aryl methyl sites for hydroxylation is 1. The summed E-state index contributed by atoms with van der Waals surface area (Å²) in [4.78, 5) is 40.1. The van der Waals surface area contributed by atoms with Gasteiger partial charge < -0.3 is 10.2 Å². The zero-order valence-electron chi connectivity index (χ0n) is 24.3. The van der Waals surface area contributed by atoms with Gasteiger partial charge in [-0.3, -0.25) is 24.0 Å². The SMILES string of the molecule is CCC(C)NC(=O)C(Cc1ccccc1)N(Cc1c(Cl)cccc1Cl)C(=O)CN(c1cc([N+](=O)[O-])ccc1C)S(C)(=O)=O. The van der Waals surface area contributed by atoms with Crippen molar-refractivity contribution in [3.63, 3.8) is 0 Å². The molecule has 2 unspecified atom stereocenters. The zero-order valence-corrected chi connectivity index (χ0v) is 26.6. The number of nitro benzene ring substituents is 1. The van der Waals surface area contributed by atoms with E-state index in [1.165, 1.54) is 17.0 Å². The van der Waals surface area contributed by atoms with E-state index in [4.69, 9.17) is 23.2 Å². The molecule has 3 aromatic rings. The molecule has 2 amide bonds. The third kappa shape index (κ3) is 8.92. The van der Waals surface area contributed by atoms with Crippen LogP contribution in [-0.2, 0) is 32.6 Å². The van der Waals surface area contributed by atoms with Crippen LogP contribution < -0.4 is 9.62 Å². The van der Waals surface area contributed by atoms with Gasteiger partial charge in [-0.1, -0.05) is 72.6 Å². The molecular formula is C30H34Cl2N4O6S. The Bertz CT molecular complexity index is 1570. The molecule has 3 rings (SSSR count). The second-order valence-electron chi connectivity index (χ2n) is 10.2. The summed E-state index contributed by atoms with van der Waals surface area (Å²) >= 11 is 13.0. The largest absolute Gasteiger partial charge is 0.352 e. The molecule has 0 fully saturated rings. The minimum absolute atomic E-state index is 0.0237. The Hall–Kier alpha value is -3.67. The van der Waals surface area contributed by atoms with Gasteiger partial charge in [0.15, 0.2) is 0 Å². The smallest absolute Gasteiger partial charge is 0.271 e. The highest BCUT2D eigenvalue weighted by molar-refractivity contribution is 7.92. The maximum atomic E-state index is 14.2. The van der Waals surface area contributed by atoms with Crippen molar-refractivity contribution in [3.05, 3.63) is 104 Å². The third-order valence-electron chi connectivity index (χ3n) is 7.01. The number of sulfonamides is 1. The van der Waals surface area contributed by atoms with Crippen LogP contribution in [0.25, 0.3) is 0 Å². The molecule has 0 aliphatic rings. The van der Waals surface area contributed by atoms with Gasteiger partial charge in [0.1, 0.15) is 12.6 Å². The molecule has 0 radical (unpaired) electrons. The van der Waals surface area contributed by atoms with Crippen LogP contribution in [0.1, 0.15) is 37.0 Å². The number of amides is 2. The quantitative estimate of drug-likeness (QED) is 0.192. The van der Waals surface area contributed by atoms with Crippen LogP contribution in [-0.4, -0.2) is 54.9 Å². The number of carbonyl (C=O) groups excluding carboxylic acids is 2. The Labute approximate surface area is 261 Å². The van der Waals surface area contributed by atoms with Crippen molar-refractivity contribution in [2.75, 3.05) is 17.1 Å². The fraction of sp³-hybridized carbons (Fsp3) is 0.333. The first-order valence-corrected chi connectivity index (χ1v) is 16.1. The average Bonchev–Trinajstić information content (AvgIpc) is 2.95. The van der Waals surface area contributed by atoms with Crippen molar-refractivity contribution in [1.82, 2.24) is 10.2 Å². The van der Waals surface area contributed by atoms with Crippen LogP contribution in [0, 0.1) is 17.0 Å². The fourth-order valence-electron chi connectivity index (χ4n) is 4.42. The molecule has 0 bridgehead atoms. The van der Waals surface area contributed by atoms with E-state index in [2.05, 4.69) is 5.32 Å². The van der Waals surface area contributed by atoms with Gasteiger partial charge in [-0.25, -0.2) is 8.42 Å². The second kappa shape index (κ2) is 14.7. The van der Waals surface area contributed by atoms with Crippen molar-refractivity contribution in [2.24, 2.45) is 0 Å². The summed E-state index contributed by atoms with van der Waals surface area (Å²) in [5.74, 6) is -1.17. The number of rotatable bonds is 13. The number of hydrogen-bond acceptors (Lipinski definition) is 6. The number of non-ortho nitro benzene ring substituents is 1. The number of halogens is 2. The maximum Gasteiger partial charge on any atom is 0.271 e. The van der Waals surface area contributed by atoms with Gasteiger partial charge in [0.25, 0.3) is 5.69 Å². The predicted molar refractivity (Wildman–Crippen MR) is 169 cm³/mol. The van der Waals surface area contributed by atoms with E-state index < -0.39 is 39.3 Å². The van der Waals surface area contributed by atoms with E-state index in [-0.39, 0.29) is 40.4 Å². The summed E-state index contributed by atoms with van der Waals surface area (Å²) in [6.45, 7) is 4.40. The van der Waals surface area contributed by atoms with Gasteiger partial charge >= 0.3 is 0 Å². The highest BCUT2D eigenvalue weighted by Crippen LogP contribution is 2.30. The molecular weight excluding hydrogens is 615 g/mol. The summed E-state index contributed by atoms with van der Waals surface area (Å²) in [6, 6.07) is 16.4. The molecule has 43 heavy (non-hydrogen) atoms. The van der Waals surface area contributed by atoms with Gasteiger partial charge in [0.05, 0.1) is 16.9 Å². The summed E-state index contributed by atoms with van der Waals surface area (Å²) in [5.41, 5.74) is 1.19. The Morgan fingerprint density at radius 1 is 1.02 bits per heavy atom. The van der Waals surface area contributed by atoms with Crippen LogP contribution >= 0.6 is 23.2 Å². The van der Waals surface area contributed by atoms with Crippen LogP contribution in [0.4, 0.5) is 11.4 Å². The van der Waals surface area contributed by atoms with E-state index >= 15 is 0 Å². The molecule has 0 saturated heterocycles. The fourth-order valence-corrected chi connectivity index (χ4v) is 5.84. The molecule has 0 aliphatic heterocycles. The molecule has 0 saturated carbocycles. The van der Waals surface area contributed by atoms with E-state index in [1.54, 1.807) is 25.1 Å². The van der Waals surface area contributed by atoms with Crippen LogP contribution in [0.15, 0.2) is 66.7 Å². The topological polar surface area (TPSA) is 130 Å². The lowest BCUT2D eigenvalue weighted by Crippen LogP contribution is -2.54. The van der Waals surface area contributed by atoms with Gasteiger partial charge in [-0.15, -0.1) is 0 Å². The Morgan fingerprint density at radius 2 is 1.65 bits per heavy atom. The molecule has 0 heterocycles. The van der Waals surface area contributed by atoms with E-state index in [9.17, 15) is 28.1 Å². The molecule has 13 heteroatoms. The molecule has 230 valence electrons. The van der Waals surface area contributed by atoms with E-state index in [0.717, 1.165) is 22.2 Å². The Morgan fingerprint density at radius 3 is 2.21 bits per heavy atom. The predicted octanol–water partition coefficient (Wildman–Crippen LogP) is 5.53. The molecule has 10 nitrogen and oxygen atoms in total. The highest BCUT2D eigenvalue weighted by Gasteiger charge is 2.34. The monoisotopic (exact) mass is 648 g/mol. The number of benzene rings is 3. The van der Waals surface area contributed by atoms with Gasteiger partial charge in [-0.05, 0) is 43.5 Å². The lowest BCUT2D eigenvalue weighted by Gasteiger charge is -2.34. The normalized spacial score (nSPS) is 12.7. The second-order valence-corrected chi connectivity index (χ2v) is 13.0. The number of nitrogens with zero attached hydrogens (tertiary/aromatic N) is 3. The average molecular weight is 650 g/mol. The number of anilines is 1. The minimum atomic E-state index is -4.12. The van der Waals surface area contributed by atoms with E-state index in [1.807, 2.05) is 44.2 Å². The number of nitrogens with one attached hydrogen (secondary N) is 1. The first-order chi connectivity index (χ1) is 20.2. The van der Waals surface area contributed by atoms with Crippen molar-refractivity contribution >= 4 is 56.4 Å². The number of nitro groups is 1. The van der Waals surface area contributed by atoms with Crippen LogP contribution in [0.5, 0.6) is 0 Å². The molecule has 1 N–H and O–H groups in total. The number of carbonyl (C=O) groups is 2. The van der Waals surface area contributed by atoms with Crippen molar-refractivity contribution in [1.29, 1.82) is 0 Å². The maximum absolute atomic E-state index is 14.2. The Balaban J connectivity index is 2.16. The van der Waals surface area contributed by atoms with E-state index in [0.29, 0.717) is 17.5 Å². The van der Waals surface area contributed by atoms with Crippen LogP contribution in [0.2, 0.25) is 10.0 Å². The van der Waals surface area contributed by atoms with Crippen molar-refractivity contribution in [3.8, 4) is 0 Å². The summed E-state index contributed by atoms with van der Waals surface area (Å²) in [5, 5.41) is 14.9. The number of hydrogen-bond donors (Lipinski definition) is 1. The molecule has 3 aromatic carbocycles. The Kier molecular flexibility index (Phi) is 11.5.